The SMILES string of the molecule is C=C1N[C@@H](C(C)(C)C)C(=O)N2CC(C[C@H]2C(=O)OC)Oc2nc3cc(C)ccc3nc2C#CCCC[C@@H]2C[C@H]2O1.C=C1N[C@@H](C(C)(C)C)C(=O)N2CC(C[C@H]2C(=O)OC)Oc2nc3cc(C)ccc3nc2C#CCCC[C@@H]2C[C@H]2O1. The number of esters is 2. The van der Waals surface area contributed by atoms with E-state index in [-0.39, 0.29) is 50.0 Å². The van der Waals surface area contributed by atoms with Crippen molar-refractivity contribution in [1.82, 2.24) is 40.4 Å². The molecule has 10 rings (SSSR count). The molecule has 10 atom stereocenters. The van der Waals surface area contributed by atoms with E-state index < -0.39 is 59.1 Å². The Labute approximate surface area is 469 Å². The van der Waals surface area contributed by atoms with Gasteiger partial charge in [-0.3, -0.25) is 9.59 Å². The van der Waals surface area contributed by atoms with Gasteiger partial charge < -0.3 is 48.9 Å². The van der Waals surface area contributed by atoms with Crippen molar-refractivity contribution in [2.45, 2.75) is 168 Å². The molecule has 2 unspecified atom stereocenters. The number of carbonyl (C=O) groups excluding carboxylic acids is 4. The number of aromatic nitrogens is 4. The molecule has 6 aliphatic rings. The zero-order valence-corrected chi connectivity index (χ0v) is 47.9. The van der Waals surface area contributed by atoms with Crippen LogP contribution in [0.15, 0.2) is 61.3 Å². The molecule has 0 spiro atoms. The van der Waals surface area contributed by atoms with Crippen LogP contribution < -0.4 is 20.1 Å². The average Bonchev–Trinajstić information content (AvgIpc) is 4.28. The second-order valence-corrected chi connectivity index (χ2v) is 24.2. The second kappa shape index (κ2) is 23.6. The Balaban J connectivity index is 0.000000194. The van der Waals surface area contributed by atoms with Crippen LogP contribution in [-0.4, -0.2) is 129 Å². The summed E-state index contributed by atoms with van der Waals surface area (Å²) in [6, 6.07) is 8.78. The summed E-state index contributed by atoms with van der Waals surface area (Å²) < 4.78 is 35.1. The predicted molar refractivity (Wildman–Crippen MR) is 300 cm³/mol. The molecule has 2 saturated heterocycles. The first-order valence-corrected chi connectivity index (χ1v) is 28.0. The summed E-state index contributed by atoms with van der Waals surface area (Å²) in [5.74, 6) is 13.6. The number of carbonyl (C=O) groups is 4. The zero-order valence-electron chi connectivity index (χ0n) is 47.9. The van der Waals surface area contributed by atoms with E-state index in [2.05, 4.69) is 47.5 Å². The number of fused-ring (bicyclic) bond motifs is 10. The number of nitrogens with zero attached hydrogens (tertiary/aromatic N) is 6. The van der Waals surface area contributed by atoms with Crippen LogP contribution in [-0.2, 0) is 38.1 Å². The molecule has 4 aromatic rings. The van der Waals surface area contributed by atoms with Gasteiger partial charge in [0.15, 0.2) is 23.2 Å². The molecule has 18 nitrogen and oxygen atoms in total. The van der Waals surface area contributed by atoms with Crippen molar-refractivity contribution in [1.29, 1.82) is 0 Å². The van der Waals surface area contributed by atoms with Crippen LogP contribution in [0.4, 0.5) is 0 Å². The molecule has 2 aliphatic carbocycles. The summed E-state index contributed by atoms with van der Waals surface area (Å²) in [5, 5.41) is 6.45. The Bertz CT molecular complexity index is 2990. The first-order chi connectivity index (χ1) is 38.1. The first-order valence-electron chi connectivity index (χ1n) is 28.0. The molecule has 0 radical (unpaired) electrons. The van der Waals surface area contributed by atoms with Gasteiger partial charge in [0.2, 0.25) is 23.6 Å². The van der Waals surface area contributed by atoms with Crippen LogP contribution in [0.25, 0.3) is 22.1 Å². The van der Waals surface area contributed by atoms with E-state index in [0.717, 1.165) is 73.5 Å². The Morgan fingerprint density at radius 1 is 0.600 bits per heavy atom. The minimum Gasteiger partial charge on any atom is -0.476 e. The largest absolute Gasteiger partial charge is 0.476 e. The monoisotopic (exact) mass is 1090 g/mol. The molecule has 4 fully saturated rings. The molecular weight excluding hydrogens is 1020 g/mol. The fourth-order valence-corrected chi connectivity index (χ4v) is 10.8. The van der Waals surface area contributed by atoms with Crippen molar-refractivity contribution in [3.05, 3.63) is 83.8 Å². The maximum atomic E-state index is 14.0. The topological polar surface area (TPSA) is 206 Å². The number of hydrogen-bond acceptors (Lipinski definition) is 16. The normalized spacial score (nSPS) is 27.0. The van der Waals surface area contributed by atoms with Crippen LogP contribution in [0.2, 0.25) is 0 Å². The minimum absolute atomic E-state index is 0.0800. The lowest BCUT2D eigenvalue weighted by atomic mass is 9.85. The van der Waals surface area contributed by atoms with Gasteiger partial charge in [-0.2, -0.15) is 0 Å². The Hall–Kier alpha value is -7.60. The number of nitrogens with one attached hydrogen (secondary N) is 2. The van der Waals surface area contributed by atoms with Crippen molar-refractivity contribution in [3.8, 4) is 35.4 Å². The zero-order chi connectivity index (χ0) is 57.2. The lowest BCUT2D eigenvalue weighted by Gasteiger charge is -2.35. The molecule has 80 heavy (non-hydrogen) atoms. The Morgan fingerprint density at radius 3 is 1.38 bits per heavy atom. The van der Waals surface area contributed by atoms with Crippen molar-refractivity contribution >= 4 is 45.8 Å². The van der Waals surface area contributed by atoms with Crippen LogP contribution in [0.1, 0.15) is 128 Å². The highest BCUT2D eigenvalue weighted by Gasteiger charge is 2.49. The molecule has 4 aliphatic heterocycles. The number of hydrogen-bond donors (Lipinski definition) is 2. The standard InChI is InChI=1S/2C31H38N4O5/c2*1-18-12-13-22-24(14-18)34-28-23(33-22)11-9-7-8-10-20-15-26(20)39-19(2)32-27(31(3,4)5)29(36)35-17-21(40-28)16-25(35)30(37)38-6/h2*12-14,20-21,25-27,32H,2,7-8,10,15-17H2,1,3-6H3/t2*20-,21?,25+,26-,27-/m11/s1. The van der Waals surface area contributed by atoms with Gasteiger partial charge in [0.25, 0.3) is 0 Å². The van der Waals surface area contributed by atoms with Gasteiger partial charge in [0.05, 0.1) is 49.4 Å². The summed E-state index contributed by atoms with van der Waals surface area (Å²) in [6.07, 6.45) is 6.89. The number of ether oxygens (including phenoxy) is 6. The molecule has 2 aromatic heterocycles. The van der Waals surface area contributed by atoms with Gasteiger partial charge in [0.1, 0.15) is 48.6 Å². The summed E-state index contributed by atoms with van der Waals surface area (Å²) >= 11 is 0. The van der Waals surface area contributed by atoms with Crippen LogP contribution in [0.5, 0.6) is 11.8 Å². The summed E-state index contributed by atoms with van der Waals surface area (Å²) in [5.41, 5.74) is 4.91. The van der Waals surface area contributed by atoms with Gasteiger partial charge in [0, 0.05) is 25.7 Å². The van der Waals surface area contributed by atoms with Gasteiger partial charge in [-0.15, -0.1) is 0 Å². The van der Waals surface area contributed by atoms with E-state index in [1.165, 1.54) is 14.2 Å². The van der Waals surface area contributed by atoms with E-state index in [9.17, 15) is 19.2 Å². The summed E-state index contributed by atoms with van der Waals surface area (Å²) in [6.45, 7) is 24.3. The third-order valence-corrected chi connectivity index (χ3v) is 15.5. The van der Waals surface area contributed by atoms with Crippen LogP contribution in [0.3, 0.4) is 0 Å². The van der Waals surface area contributed by atoms with E-state index in [1.807, 2.05) is 91.8 Å². The number of aryl methyl sites for hydroxylation is 2. The number of benzene rings is 2. The van der Waals surface area contributed by atoms with E-state index in [1.54, 1.807) is 9.80 Å². The maximum absolute atomic E-state index is 14.0. The molecule has 2 N–H and O–H groups in total. The fourth-order valence-electron chi connectivity index (χ4n) is 10.8. The lowest BCUT2D eigenvalue weighted by Crippen LogP contribution is -2.55. The quantitative estimate of drug-likeness (QED) is 0.145. The lowest BCUT2D eigenvalue weighted by molar-refractivity contribution is -0.152. The van der Waals surface area contributed by atoms with Gasteiger partial charge in [-0.05, 0) is 135 Å². The maximum Gasteiger partial charge on any atom is 0.328 e. The van der Waals surface area contributed by atoms with Gasteiger partial charge in [-0.25, -0.2) is 29.5 Å². The van der Waals surface area contributed by atoms with Crippen LogP contribution >= 0.6 is 0 Å². The first kappa shape index (κ1) is 57.1. The highest BCUT2D eigenvalue weighted by atomic mass is 16.5. The molecule has 424 valence electrons. The van der Waals surface area contributed by atoms with E-state index in [4.69, 9.17) is 48.4 Å². The van der Waals surface area contributed by atoms with E-state index in [0.29, 0.717) is 57.8 Å². The molecular formula is C62H76N8O10. The fraction of sp³-hybridized carbons (Fsp3) is 0.548. The second-order valence-electron chi connectivity index (χ2n) is 24.2. The highest BCUT2D eigenvalue weighted by molar-refractivity contribution is 5.90. The smallest absolute Gasteiger partial charge is 0.328 e. The highest BCUT2D eigenvalue weighted by Crippen LogP contribution is 2.41. The molecule has 18 heteroatoms. The minimum atomic E-state index is -0.802. The number of amides is 2. The molecule has 2 saturated carbocycles. The number of rotatable bonds is 2. The summed E-state index contributed by atoms with van der Waals surface area (Å²) in [7, 11) is 2.65. The van der Waals surface area contributed by atoms with Crippen LogP contribution in [0, 0.1) is 60.2 Å². The Kier molecular flexibility index (Phi) is 16.9. The molecule has 2 aromatic carbocycles. The molecule has 2 amide bonds. The third-order valence-electron chi connectivity index (χ3n) is 15.5. The molecule has 4 bridgehead atoms. The van der Waals surface area contributed by atoms with Crippen molar-refractivity contribution in [2.75, 3.05) is 27.3 Å². The van der Waals surface area contributed by atoms with Crippen molar-refractivity contribution in [3.63, 3.8) is 0 Å². The molecule has 6 heterocycles. The van der Waals surface area contributed by atoms with Crippen molar-refractivity contribution < 1.29 is 47.6 Å². The third kappa shape index (κ3) is 13.5. The van der Waals surface area contributed by atoms with Gasteiger partial charge >= 0.3 is 11.9 Å². The average molecular weight is 1090 g/mol. The Morgan fingerprint density at radius 2 is 1.00 bits per heavy atom. The number of methoxy groups -OCH3 is 2. The summed E-state index contributed by atoms with van der Waals surface area (Å²) in [4.78, 5) is 75.9. The predicted octanol–water partition coefficient (Wildman–Crippen LogP) is 7.75. The van der Waals surface area contributed by atoms with Gasteiger partial charge in [-0.1, -0.05) is 65.5 Å². The van der Waals surface area contributed by atoms with Crippen molar-refractivity contribution in [2.24, 2.45) is 22.7 Å². The van der Waals surface area contributed by atoms with E-state index >= 15 is 0 Å².